The van der Waals surface area contributed by atoms with Crippen LogP contribution in [0.2, 0.25) is 0 Å². The van der Waals surface area contributed by atoms with Gasteiger partial charge in [0.2, 0.25) is 0 Å². The lowest BCUT2D eigenvalue weighted by Gasteiger charge is -2.35. The summed E-state index contributed by atoms with van der Waals surface area (Å²) in [6, 6.07) is 0.0662. The van der Waals surface area contributed by atoms with Crippen molar-refractivity contribution in [3.63, 3.8) is 0 Å². The van der Waals surface area contributed by atoms with Crippen LogP contribution >= 0.6 is 0 Å². The molecule has 88 valence electrons. The van der Waals surface area contributed by atoms with Gasteiger partial charge in [0.05, 0.1) is 6.04 Å². The minimum absolute atomic E-state index is 0.0662. The second-order valence-corrected chi connectivity index (χ2v) is 4.51. The van der Waals surface area contributed by atoms with Crippen molar-refractivity contribution in [1.29, 1.82) is 0 Å². The van der Waals surface area contributed by atoms with Crippen molar-refractivity contribution in [3.05, 3.63) is 0 Å². The predicted molar refractivity (Wildman–Crippen MR) is 60.8 cm³/mol. The van der Waals surface area contributed by atoms with Crippen molar-refractivity contribution in [2.24, 2.45) is 5.92 Å². The standard InChI is InChI=1S/C12H23NO2/c1-3-12(15)10(2)13-7-4-5-11(9-13)6-8-14/h10-11,14H,3-9H2,1-2H3. The van der Waals surface area contributed by atoms with E-state index in [0.29, 0.717) is 18.1 Å². The monoisotopic (exact) mass is 213 g/mol. The number of nitrogens with zero attached hydrogens (tertiary/aromatic N) is 1. The first-order valence-electron chi connectivity index (χ1n) is 6.06. The summed E-state index contributed by atoms with van der Waals surface area (Å²) < 4.78 is 0. The number of ketones is 1. The van der Waals surface area contributed by atoms with E-state index in [0.717, 1.165) is 25.9 Å². The summed E-state index contributed by atoms with van der Waals surface area (Å²) in [4.78, 5) is 13.9. The van der Waals surface area contributed by atoms with E-state index in [4.69, 9.17) is 5.11 Å². The molecule has 1 aliphatic heterocycles. The first kappa shape index (κ1) is 12.7. The molecule has 1 aliphatic rings. The van der Waals surface area contributed by atoms with E-state index in [1.54, 1.807) is 0 Å². The van der Waals surface area contributed by atoms with Gasteiger partial charge in [-0.25, -0.2) is 0 Å². The molecule has 0 aromatic carbocycles. The van der Waals surface area contributed by atoms with Gasteiger partial charge in [0.15, 0.2) is 0 Å². The average Bonchev–Trinajstić information content (AvgIpc) is 2.28. The van der Waals surface area contributed by atoms with Crippen LogP contribution in [0.5, 0.6) is 0 Å². The summed E-state index contributed by atoms with van der Waals surface area (Å²) in [5.74, 6) is 0.913. The van der Waals surface area contributed by atoms with Crippen LogP contribution in [-0.4, -0.2) is 41.5 Å². The van der Waals surface area contributed by atoms with Crippen molar-refractivity contribution < 1.29 is 9.90 Å². The molecule has 1 saturated heterocycles. The van der Waals surface area contributed by atoms with Crippen molar-refractivity contribution in [3.8, 4) is 0 Å². The van der Waals surface area contributed by atoms with E-state index >= 15 is 0 Å². The zero-order valence-corrected chi connectivity index (χ0v) is 9.91. The van der Waals surface area contributed by atoms with Gasteiger partial charge in [0.25, 0.3) is 0 Å². The molecule has 3 nitrogen and oxygen atoms in total. The number of carbonyl (C=O) groups excluding carboxylic acids is 1. The summed E-state index contributed by atoms with van der Waals surface area (Å²) in [5.41, 5.74) is 0. The summed E-state index contributed by atoms with van der Waals surface area (Å²) >= 11 is 0. The SMILES string of the molecule is CCC(=O)C(C)N1CCCC(CCO)C1. The van der Waals surface area contributed by atoms with E-state index in [-0.39, 0.29) is 12.6 Å². The Bertz CT molecular complexity index is 204. The van der Waals surface area contributed by atoms with E-state index in [1.807, 2.05) is 13.8 Å². The largest absolute Gasteiger partial charge is 0.396 e. The fourth-order valence-electron chi connectivity index (χ4n) is 2.37. The van der Waals surface area contributed by atoms with Crippen molar-refractivity contribution >= 4 is 5.78 Å². The van der Waals surface area contributed by atoms with Gasteiger partial charge < -0.3 is 5.11 Å². The zero-order chi connectivity index (χ0) is 11.3. The fraction of sp³-hybridized carbons (Fsp3) is 0.917. The molecular weight excluding hydrogens is 190 g/mol. The topological polar surface area (TPSA) is 40.5 Å². The molecule has 0 bridgehead atoms. The Morgan fingerprint density at radius 2 is 2.33 bits per heavy atom. The van der Waals surface area contributed by atoms with Crippen molar-refractivity contribution in [2.75, 3.05) is 19.7 Å². The van der Waals surface area contributed by atoms with E-state index < -0.39 is 0 Å². The molecule has 0 radical (unpaired) electrons. The third-order valence-corrected chi connectivity index (χ3v) is 3.45. The van der Waals surface area contributed by atoms with Gasteiger partial charge in [-0.3, -0.25) is 9.69 Å². The molecule has 2 atom stereocenters. The third-order valence-electron chi connectivity index (χ3n) is 3.45. The molecule has 0 aliphatic carbocycles. The maximum absolute atomic E-state index is 11.6. The molecule has 3 heteroatoms. The maximum Gasteiger partial charge on any atom is 0.149 e. The highest BCUT2D eigenvalue weighted by atomic mass is 16.3. The molecular formula is C12H23NO2. The van der Waals surface area contributed by atoms with Gasteiger partial charge >= 0.3 is 0 Å². The Morgan fingerprint density at radius 1 is 1.60 bits per heavy atom. The van der Waals surface area contributed by atoms with Gasteiger partial charge in [-0.05, 0) is 38.6 Å². The van der Waals surface area contributed by atoms with Crippen LogP contribution in [0.25, 0.3) is 0 Å². The number of carbonyl (C=O) groups is 1. The summed E-state index contributed by atoms with van der Waals surface area (Å²) in [7, 11) is 0. The molecule has 1 fully saturated rings. The highest BCUT2D eigenvalue weighted by Crippen LogP contribution is 2.21. The molecule has 0 aromatic rings. The smallest absolute Gasteiger partial charge is 0.149 e. The number of aliphatic hydroxyl groups excluding tert-OH is 1. The minimum Gasteiger partial charge on any atom is -0.396 e. The molecule has 2 unspecified atom stereocenters. The Labute approximate surface area is 92.5 Å². The maximum atomic E-state index is 11.6. The van der Waals surface area contributed by atoms with Crippen molar-refractivity contribution in [1.82, 2.24) is 4.90 Å². The van der Waals surface area contributed by atoms with Gasteiger partial charge in [-0.15, -0.1) is 0 Å². The van der Waals surface area contributed by atoms with E-state index in [9.17, 15) is 4.79 Å². The van der Waals surface area contributed by atoms with Crippen LogP contribution in [0.1, 0.15) is 39.5 Å². The number of hydrogen-bond acceptors (Lipinski definition) is 3. The van der Waals surface area contributed by atoms with Gasteiger partial charge in [-0.1, -0.05) is 6.92 Å². The van der Waals surface area contributed by atoms with Crippen LogP contribution < -0.4 is 0 Å². The Balaban J connectivity index is 2.44. The normalized spacial score (nSPS) is 25.1. The number of piperidine rings is 1. The lowest BCUT2D eigenvalue weighted by molar-refractivity contribution is -0.124. The second-order valence-electron chi connectivity index (χ2n) is 4.51. The fourth-order valence-corrected chi connectivity index (χ4v) is 2.37. The summed E-state index contributed by atoms with van der Waals surface area (Å²) in [5, 5.41) is 8.91. The van der Waals surface area contributed by atoms with E-state index in [2.05, 4.69) is 4.90 Å². The lowest BCUT2D eigenvalue weighted by atomic mass is 9.93. The van der Waals surface area contributed by atoms with Gasteiger partial charge in [0.1, 0.15) is 5.78 Å². The highest BCUT2D eigenvalue weighted by Gasteiger charge is 2.25. The first-order valence-corrected chi connectivity index (χ1v) is 6.06. The zero-order valence-electron chi connectivity index (χ0n) is 9.91. The predicted octanol–water partition coefficient (Wildman–Crippen LogP) is 1.45. The summed E-state index contributed by atoms with van der Waals surface area (Å²) in [6.45, 7) is 6.22. The minimum atomic E-state index is 0.0662. The lowest BCUT2D eigenvalue weighted by Crippen LogP contribution is -2.45. The molecule has 0 aromatic heterocycles. The second kappa shape index (κ2) is 6.23. The number of aliphatic hydroxyl groups is 1. The molecule has 1 heterocycles. The van der Waals surface area contributed by atoms with Gasteiger partial charge in [0, 0.05) is 19.6 Å². The molecule has 1 N–H and O–H groups in total. The number of hydrogen-bond donors (Lipinski definition) is 1. The molecule has 0 spiro atoms. The number of rotatable bonds is 5. The number of Topliss-reactive ketones (excluding diaryl/α,β-unsaturated/α-hetero) is 1. The highest BCUT2D eigenvalue weighted by molar-refractivity contribution is 5.83. The number of likely N-dealkylation sites (tertiary alicyclic amines) is 1. The Hall–Kier alpha value is -0.410. The molecule has 0 saturated carbocycles. The Morgan fingerprint density at radius 3 is 2.93 bits per heavy atom. The van der Waals surface area contributed by atoms with Crippen molar-refractivity contribution in [2.45, 2.75) is 45.6 Å². The van der Waals surface area contributed by atoms with Crippen LogP contribution in [0.4, 0.5) is 0 Å². The summed E-state index contributed by atoms with van der Waals surface area (Å²) in [6.07, 6.45) is 3.86. The first-order chi connectivity index (χ1) is 7.19. The third kappa shape index (κ3) is 3.58. The van der Waals surface area contributed by atoms with Crippen LogP contribution in [0.3, 0.4) is 0 Å². The molecule has 0 amide bonds. The van der Waals surface area contributed by atoms with E-state index in [1.165, 1.54) is 6.42 Å². The van der Waals surface area contributed by atoms with Crippen LogP contribution in [-0.2, 0) is 4.79 Å². The van der Waals surface area contributed by atoms with Crippen LogP contribution in [0.15, 0.2) is 0 Å². The quantitative estimate of drug-likeness (QED) is 0.751. The average molecular weight is 213 g/mol. The Kier molecular flexibility index (Phi) is 5.26. The van der Waals surface area contributed by atoms with Crippen LogP contribution in [0, 0.1) is 5.92 Å². The van der Waals surface area contributed by atoms with Gasteiger partial charge in [-0.2, -0.15) is 0 Å². The molecule has 15 heavy (non-hydrogen) atoms. The molecule has 1 rings (SSSR count).